The third kappa shape index (κ3) is 2.41. The number of carbonyl (C=O) groups is 2. The highest BCUT2D eigenvalue weighted by molar-refractivity contribution is 7.13. The van der Waals surface area contributed by atoms with E-state index in [1.165, 1.54) is 11.3 Å². The van der Waals surface area contributed by atoms with Crippen molar-refractivity contribution in [1.29, 1.82) is 0 Å². The van der Waals surface area contributed by atoms with Crippen molar-refractivity contribution in [3.05, 3.63) is 41.4 Å². The molecule has 6 rings (SSSR count). The van der Waals surface area contributed by atoms with Crippen LogP contribution < -0.4 is 16.0 Å². The zero-order valence-electron chi connectivity index (χ0n) is 14.2. The first-order valence-electron chi connectivity index (χ1n) is 9.05. The molecule has 0 unspecified atom stereocenters. The molecule has 2 heterocycles. The lowest BCUT2D eigenvalue weighted by molar-refractivity contribution is -0.126. The fourth-order valence-corrected chi connectivity index (χ4v) is 5.48. The van der Waals surface area contributed by atoms with Crippen LogP contribution in [0.2, 0.25) is 0 Å². The summed E-state index contributed by atoms with van der Waals surface area (Å²) in [7, 11) is 0. The summed E-state index contributed by atoms with van der Waals surface area (Å²) in [4.78, 5) is 29.5. The molecule has 6 nitrogen and oxygen atoms in total. The smallest absolute Gasteiger partial charge is 0.255 e. The van der Waals surface area contributed by atoms with Crippen molar-refractivity contribution in [2.24, 2.45) is 17.8 Å². The molecule has 134 valence electrons. The zero-order chi connectivity index (χ0) is 17.7. The van der Waals surface area contributed by atoms with E-state index in [0.717, 1.165) is 31.4 Å². The molecule has 3 saturated carbocycles. The lowest BCUT2D eigenvalue weighted by Crippen LogP contribution is -2.67. The van der Waals surface area contributed by atoms with E-state index in [4.69, 9.17) is 0 Å². The fraction of sp³-hybridized carbons (Fsp3) is 0.421. The van der Waals surface area contributed by atoms with E-state index in [1.54, 1.807) is 6.20 Å². The summed E-state index contributed by atoms with van der Waals surface area (Å²) in [5.74, 6) is 0.539. The SMILES string of the molecule is O=C1N[C@@]2(C[C@@H]3CC[C@@H]2C[C@@H]3C(=O)Nc2nccs2)Nc2ccccc21. The second kappa shape index (κ2) is 5.81. The van der Waals surface area contributed by atoms with Gasteiger partial charge in [-0.1, -0.05) is 12.1 Å². The number of nitrogens with zero attached hydrogens (tertiary/aromatic N) is 1. The van der Waals surface area contributed by atoms with Gasteiger partial charge in [-0.25, -0.2) is 4.98 Å². The van der Waals surface area contributed by atoms with E-state index in [-0.39, 0.29) is 29.6 Å². The highest BCUT2D eigenvalue weighted by Crippen LogP contribution is 2.52. The maximum atomic E-state index is 12.7. The van der Waals surface area contributed by atoms with Crippen molar-refractivity contribution < 1.29 is 9.59 Å². The summed E-state index contributed by atoms with van der Waals surface area (Å²) in [5.41, 5.74) is 1.16. The van der Waals surface area contributed by atoms with Crippen molar-refractivity contribution >= 4 is 34.0 Å². The van der Waals surface area contributed by atoms with E-state index in [9.17, 15) is 9.59 Å². The Morgan fingerprint density at radius 1 is 1.27 bits per heavy atom. The van der Waals surface area contributed by atoms with Crippen LogP contribution in [0.3, 0.4) is 0 Å². The van der Waals surface area contributed by atoms with Gasteiger partial charge in [0.2, 0.25) is 5.91 Å². The van der Waals surface area contributed by atoms with Crippen LogP contribution in [0.5, 0.6) is 0 Å². The van der Waals surface area contributed by atoms with E-state index >= 15 is 0 Å². The molecule has 3 fully saturated rings. The van der Waals surface area contributed by atoms with Gasteiger partial charge in [0, 0.05) is 29.1 Å². The lowest BCUT2D eigenvalue weighted by Gasteiger charge is -2.56. The Bertz CT molecular complexity index is 868. The summed E-state index contributed by atoms with van der Waals surface area (Å²) in [5, 5.41) is 12.3. The van der Waals surface area contributed by atoms with Gasteiger partial charge in [-0.2, -0.15) is 0 Å². The van der Waals surface area contributed by atoms with E-state index in [1.807, 2.05) is 29.6 Å². The Labute approximate surface area is 155 Å². The van der Waals surface area contributed by atoms with Gasteiger partial charge in [0.1, 0.15) is 5.66 Å². The first kappa shape index (κ1) is 15.8. The third-order valence-corrected chi connectivity index (χ3v) is 6.83. The van der Waals surface area contributed by atoms with Gasteiger partial charge in [-0.15, -0.1) is 11.3 Å². The Hall–Kier alpha value is -2.41. The molecule has 2 bridgehead atoms. The van der Waals surface area contributed by atoms with Crippen LogP contribution in [0, 0.1) is 17.8 Å². The van der Waals surface area contributed by atoms with Gasteiger partial charge in [0.15, 0.2) is 5.13 Å². The van der Waals surface area contributed by atoms with Crippen molar-refractivity contribution in [2.45, 2.75) is 31.3 Å². The number of anilines is 2. The third-order valence-electron chi connectivity index (χ3n) is 6.14. The molecule has 26 heavy (non-hydrogen) atoms. The van der Waals surface area contributed by atoms with Crippen LogP contribution in [0.15, 0.2) is 35.8 Å². The largest absolute Gasteiger partial charge is 0.362 e. The molecule has 1 aromatic heterocycles. The molecule has 4 aliphatic rings. The second-order valence-electron chi connectivity index (χ2n) is 7.50. The maximum Gasteiger partial charge on any atom is 0.255 e. The van der Waals surface area contributed by atoms with E-state index in [2.05, 4.69) is 20.9 Å². The van der Waals surface area contributed by atoms with Gasteiger partial charge in [-0.05, 0) is 43.7 Å². The normalized spacial score (nSPS) is 31.8. The minimum atomic E-state index is -0.424. The molecule has 0 radical (unpaired) electrons. The van der Waals surface area contributed by atoms with Crippen LogP contribution in [0.1, 0.15) is 36.0 Å². The van der Waals surface area contributed by atoms with Crippen LogP contribution >= 0.6 is 11.3 Å². The minimum Gasteiger partial charge on any atom is -0.362 e. The minimum absolute atomic E-state index is 0.0147. The number of nitrogens with one attached hydrogen (secondary N) is 3. The van der Waals surface area contributed by atoms with Crippen LogP contribution in [-0.4, -0.2) is 22.5 Å². The summed E-state index contributed by atoms with van der Waals surface area (Å²) in [6, 6.07) is 7.63. The number of carbonyl (C=O) groups excluding carboxylic acids is 2. The average molecular weight is 368 g/mol. The van der Waals surface area contributed by atoms with E-state index < -0.39 is 5.66 Å². The number of aromatic nitrogens is 1. The number of hydrogen-bond acceptors (Lipinski definition) is 5. The number of fused-ring (bicyclic) bond motifs is 3. The molecule has 2 amide bonds. The lowest BCUT2D eigenvalue weighted by atomic mass is 9.58. The molecule has 3 aliphatic carbocycles. The predicted octanol–water partition coefficient (Wildman–Crippen LogP) is 3.07. The Kier molecular flexibility index (Phi) is 3.53. The number of para-hydroxylation sites is 1. The standard InChI is InChI=1S/C19H20N4O2S/c24-16(21-18-20-7-8-26-18)14-9-12-6-5-11(14)10-19(12)22-15-4-2-1-3-13(15)17(25)23-19/h1-4,7-8,11-12,14,22H,5-6,9-10H2,(H,23,25)(H,20,21,24)/t11-,12+,14-,19+/m0/s1. The van der Waals surface area contributed by atoms with Crippen molar-refractivity contribution in [2.75, 3.05) is 10.6 Å². The van der Waals surface area contributed by atoms with Crippen molar-refractivity contribution in [3.8, 4) is 0 Å². The second-order valence-corrected chi connectivity index (χ2v) is 8.40. The average Bonchev–Trinajstić information content (AvgIpc) is 3.15. The summed E-state index contributed by atoms with van der Waals surface area (Å²) in [6.45, 7) is 0. The fourth-order valence-electron chi connectivity index (χ4n) is 4.95. The molecule has 1 aliphatic heterocycles. The first-order chi connectivity index (χ1) is 12.6. The van der Waals surface area contributed by atoms with Gasteiger partial charge in [-0.3, -0.25) is 9.59 Å². The maximum absolute atomic E-state index is 12.7. The summed E-state index contributed by atoms with van der Waals surface area (Å²) in [6.07, 6.45) is 5.33. The molecule has 4 atom stereocenters. The number of hydrogen-bond donors (Lipinski definition) is 3. The van der Waals surface area contributed by atoms with Crippen LogP contribution in [0.4, 0.5) is 10.8 Å². The van der Waals surface area contributed by atoms with Gasteiger partial charge in [0.05, 0.1) is 5.56 Å². The molecule has 2 aromatic rings. The number of amides is 2. The quantitative estimate of drug-likeness (QED) is 0.761. The number of rotatable bonds is 2. The monoisotopic (exact) mass is 368 g/mol. The van der Waals surface area contributed by atoms with Crippen molar-refractivity contribution in [1.82, 2.24) is 10.3 Å². The Morgan fingerprint density at radius 3 is 2.92 bits per heavy atom. The molecular weight excluding hydrogens is 348 g/mol. The topological polar surface area (TPSA) is 83.1 Å². The Morgan fingerprint density at radius 2 is 2.15 bits per heavy atom. The molecule has 7 heteroatoms. The first-order valence-corrected chi connectivity index (χ1v) is 9.93. The van der Waals surface area contributed by atoms with Crippen molar-refractivity contribution in [3.63, 3.8) is 0 Å². The summed E-state index contributed by atoms with van der Waals surface area (Å²) < 4.78 is 0. The molecule has 1 spiro atoms. The predicted molar refractivity (Wildman–Crippen MR) is 99.9 cm³/mol. The van der Waals surface area contributed by atoms with E-state index in [0.29, 0.717) is 10.7 Å². The highest BCUT2D eigenvalue weighted by atomic mass is 32.1. The number of benzene rings is 1. The molecular formula is C19H20N4O2S. The molecule has 3 N–H and O–H groups in total. The van der Waals surface area contributed by atoms with Crippen LogP contribution in [-0.2, 0) is 4.79 Å². The summed E-state index contributed by atoms with van der Waals surface area (Å²) >= 11 is 1.44. The zero-order valence-corrected chi connectivity index (χ0v) is 15.0. The molecule has 0 saturated heterocycles. The molecule has 1 aromatic carbocycles. The van der Waals surface area contributed by atoms with Gasteiger partial charge >= 0.3 is 0 Å². The highest BCUT2D eigenvalue weighted by Gasteiger charge is 2.55. The van der Waals surface area contributed by atoms with Gasteiger partial charge < -0.3 is 16.0 Å². The van der Waals surface area contributed by atoms with Gasteiger partial charge in [0.25, 0.3) is 5.91 Å². The number of thiazole rings is 1. The van der Waals surface area contributed by atoms with Crippen LogP contribution in [0.25, 0.3) is 0 Å². The Balaban J connectivity index is 1.38.